The number of anilines is 1. The Labute approximate surface area is 249 Å². The Morgan fingerprint density at radius 2 is 1.91 bits per heavy atom. The molecule has 0 aromatic carbocycles. The number of oxime groups is 1. The third-order valence-electron chi connectivity index (χ3n) is 6.17. The van der Waals surface area contributed by atoms with E-state index in [1.807, 2.05) is 0 Å². The van der Waals surface area contributed by atoms with Gasteiger partial charge >= 0.3 is 17.9 Å². The summed E-state index contributed by atoms with van der Waals surface area (Å²) in [6, 6.07) is -0.0138. The average molecular weight is 636 g/mol. The average Bonchev–Trinajstić information content (AvgIpc) is 3.36. The summed E-state index contributed by atoms with van der Waals surface area (Å²) in [6.45, 7) is 2.24. The Bertz CT molecular complexity index is 1640. The van der Waals surface area contributed by atoms with Gasteiger partial charge in [0.1, 0.15) is 22.7 Å². The third-order valence-corrected chi connectivity index (χ3v) is 8.05. The van der Waals surface area contributed by atoms with Crippen LogP contribution in [0.4, 0.5) is 5.13 Å². The van der Waals surface area contributed by atoms with Crippen LogP contribution >= 0.6 is 23.3 Å². The van der Waals surface area contributed by atoms with Crippen LogP contribution < -0.4 is 21.4 Å². The molecule has 0 bridgehead atoms. The number of carbonyl (C=O) groups is 6. The van der Waals surface area contributed by atoms with Gasteiger partial charge in [0.2, 0.25) is 23.0 Å². The Balaban J connectivity index is 1.58. The molecule has 2 aliphatic rings. The highest BCUT2D eigenvalue weighted by atomic mass is 32.2. The zero-order valence-electron chi connectivity index (χ0n) is 22.2. The molecule has 0 saturated carbocycles. The number of amides is 3. The second-order valence-electron chi connectivity index (χ2n) is 9.54. The molecule has 2 atom stereocenters. The summed E-state index contributed by atoms with van der Waals surface area (Å²) < 4.78 is 5.23. The number of fused-ring (bicyclic) bond motifs is 1. The zero-order valence-corrected chi connectivity index (χ0v) is 23.8. The van der Waals surface area contributed by atoms with Crippen LogP contribution in [-0.2, 0) is 30.6 Å². The van der Waals surface area contributed by atoms with Gasteiger partial charge in [-0.15, -0.1) is 11.8 Å². The molecule has 2 aromatic rings. The maximum Gasteiger partial charge on any atom is 0.352 e. The number of carboxylic acids is 3. The summed E-state index contributed by atoms with van der Waals surface area (Å²) in [6.07, 6.45) is 2.48. The van der Waals surface area contributed by atoms with Gasteiger partial charge in [0.25, 0.3) is 11.8 Å². The molecule has 1 fully saturated rings. The summed E-state index contributed by atoms with van der Waals surface area (Å²) in [7, 11) is 0. The Morgan fingerprint density at radius 3 is 2.47 bits per heavy atom. The van der Waals surface area contributed by atoms with Gasteiger partial charge in [-0.05, 0) is 13.8 Å². The quantitative estimate of drug-likeness (QED) is 0.0690. The highest BCUT2D eigenvalue weighted by molar-refractivity contribution is 8.00. The van der Waals surface area contributed by atoms with Crippen molar-refractivity contribution in [1.29, 1.82) is 0 Å². The minimum Gasteiger partial charge on any atom is -0.478 e. The van der Waals surface area contributed by atoms with Gasteiger partial charge in [-0.3, -0.25) is 19.3 Å². The van der Waals surface area contributed by atoms with Gasteiger partial charge < -0.3 is 36.9 Å². The van der Waals surface area contributed by atoms with Crippen molar-refractivity contribution in [3.8, 4) is 0 Å². The Kier molecular flexibility index (Phi) is 8.35. The molecule has 4 rings (SSSR count). The molecule has 2 aromatic heterocycles. The summed E-state index contributed by atoms with van der Waals surface area (Å²) in [5.74, 6) is -7.15. The standard InChI is InChI=1S/C23H22N8O10S2/c1-23(2,21(39)40)41-28-11(15-27-22(25)43-29-15)16(33)26-12-17(34)31-13(20(37)38)8(7-42-18(12)31)5-30-4-3-9(14(24)32)10(6-30)19(35)36/h3-4,6,12,18H,5,7H2,1-2H3,(H7-,24,25,26,27,29,32,33,35,36,37,38,39,40)/p+1/b28-11-/t12-,18+/m1/s1. The minimum absolute atomic E-state index is 0.0249. The van der Waals surface area contributed by atoms with Crippen LogP contribution in [0, 0.1) is 0 Å². The summed E-state index contributed by atoms with van der Waals surface area (Å²) in [5, 5.41) is 33.9. The topological polar surface area (TPSA) is 282 Å². The van der Waals surface area contributed by atoms with Crippen LogP contribution in [0.3, 0.4) is 0 Å². The van der Waals surface area contributed by atoms with E-state index in [0.717, 1.165) is 34.4 Å². The first-order chi connectivity index (χ1) is 20.1. The van der Waals surface area contributed by atoms with Crippen molar-refractivity contribution in [2.45, 2.75) is 37.4 Å². The lowest BCUT2D eigenvalue weighted by atomic mass is 10.0. The number of nitrogens with two attached hydrogens (primary N) is 2. The number of carboxylic acid groups (broad SMARTS) is 3. The van der Waals surface area contributed by atoms with E-state index in [2.05, 4.69) is 19.8 Å². The first-order valence-corrected chi connectivity index (χ1v) is 13.8. The number of nitrogens with one attached hydrogen (secondary N) is 1. The number of pyridine rings is 1. The number of nitrogen functional groups attached to an aromatic ring is 1. The zero-order chi connectivity index (χ0) is 31.8. The summed E-state index contributed by atoms with van der Waals surface area (Å²) in [5.41, 5.74) is 7.71. The van der Waals surface area contributed by atoms with E-state index in [4.69, 9.17) is 16.3 Å². The Hall–Kier alpha value is -5.11. The van der Waals surface area contributed by atoms with Gasteiger partial charge in [0.05, 0.1) is 5.56 Å². The van der Waals surface area contributed by atoms with Gasteiger partial charge in [-0.25, -0.2) is 19.0 Å². The number of aliphatic carboxylic acids is 2. The molecule has 0 aliphatic carbocycles. The fourth-order valence-electron chi connectivity index (χ4n) is 3.97. The molecule has 8 N–H and O–H groups in total. The van der Waals surface area contributed by atoms with Crippen molar-refractivity contribution < 1.29 is 53.5 Å². The summed E-state index contributed by atoms with van der Waals surface area (Å²) >= 11 is 1.87. The number of carbonyl (C=O) groups excluding carboxylic acids is 3. The summed E-state index contributed by atoms with van der Waals surface area (Å²) in [4.78, 5) is 83.0. The predicted octanol–water partition coefficient (Wildman–Crippen LogP) is -1.77. The van der Waals surface area contributed by atoms with E-state index in [9.17, 15) is 44.1 Å². The van der Waals surface area contributed by atoms with Crippen LogP contribution in [0.15, 0.2) is 34.9 Å². The lowest BCUT2D eigenvalue weighted by Gasteiger charge is -2.49. The largest absolute Gasteiger partial charge is 0.478 e. The minimum atomic E-state index is -1.84. The lowest BCUT2D eigenvalue weighted by Crippen LogP contribution is -2.71. The van der Waals surface area contributed by atoms with Crippen LogP contribution in [0.5, 0.6) is 0 Å². The fraction of sp³-hybridized carbons (Fsp3) is 0.304. The number of rotatable bonds is 11. The molecule has 20 heteroatoms. The van der Waals surface area contributed by atoms with Crippen molar-refractivity contribution in [1.82, 2.24) is 19.6 Å². The molecule has 2 aliphatic heterocycles. The second-order valence-corrected chi connectivity index (χ2v) is 11.4. The maximum absolute atomic E-state index is 13.2. The van der Waals surface area contributed by atoms with Crippen LogP contribution in [-0.4, -0.2) is 93.7 Å². The van der Waals surface area contributed by atoms with Gasteiger partial charge in [0, 0.05) is 28.9 Å². The van der Waals surface area contributed by atoms with Gasteiger partial charge in [0.15, 0.2) is 24.1 Å². The second kappa shape index (κ2) is 11.6. The number of primary amides is 1. The van der Waals surface area contributed by atoms with E-state index in [0.29, 0.717) is 0 Å². The van der Waals surface area contributed by atoms with Crippen LogP contribution in [0.2, 0.25) is 0 Å². The van der Waals surface area contributed by atoms with E-state index in [1.165, 1.54) is 30.7 Å². The number of aromatic nitrogens is 3. The first kappa shape index (κ1) is 30.8. The highest BCUT2D eigenvalue weighted by Gasteiger charge is 2.55. The number of thioether (sulfide) groups is 1. The fourth-order valence-corrected chi connectivity index (χ4v) is 5.74. The lowest BCUT2D eigenvalue weighted by molar-refractivity contribution is -0.689. The molecule has 0 unspecified atom stereocenters. The molecule has 4 heterocycles. The van der Waals surface area contributed by atoms with Crippen molar-refractivity contribution in [2.75, 3.05) is 11.5 Å². The van der Waals surface area contributed by atoms with E-state index >= 15 is 0 Å². The smallest absolute Gasteiger partial charge is 0.352 e. The molecule has 0 radical (unpaired) electrons. The number of hydrogen-bond donors (Lipinski definition) is 6. The number of nitrogens with zero attached hydrogens (tertiary/aromatic N) is 5. The molecule has 3 amide bonds. The molecule has 226 valence electrons. The predicted molar refractivity (Wildman–Crippen MR) is 145 cm³/mol. The monoisotopic (exact) mass is 635 g/mol. The van der Waals surface area contributed by atoms with Crippen molar-refractivity contribution in [2.24, 2.45) is 10.9 Å². The van der Waals surface area contributed by atoms with Crippen molar-refractivity contribution in [3.63, 3.8) is 0 Å². The molecule has 1 saturated heterocycles. The van der Waals surface area contributed by atoms with Crippen LogP contribution in [0.1, 0.15) is 40.4 Å². The number of β-lactam (4-membered cyclic amide) rings is 1. The number of hydrogen-bond acceptors (Lipinski definition) is 13. The van der Waals surface area contributed by atoms with Crippen LogP contribution in [0.25, 0.3) is 0 Å². The van der Waals surface area contributed by atoms with E-state index < -0.39 is 58.4 Å². The molecular weight excluding hydrogens is 612 g/mol. The highest BCUT2D eigenvalue weighted by Crippen LogP contribution is 2.40. The van der Waals surface area contributed by atoms with E-state index in [-0.39, 0.29) is 45.7 Å². The van der Waals surface area contributed by atoms with E-state index in [1.54, 1.807) is 0 Å². The molecule has 18 nitrogen and oxygen atoms in total. The molecule has 0 spiro atoms. The number of aromatic carboxylic acids is 1. The van der Waals surface area contributed by atoms with Crippen molar-refractivity contribution >= 4 is 69.8 Å². The van der Waals surface area contributed by atoms with Gasteiger partial charge in [-0.2, -0.15) is 9.36 Å². The SMILES string of the molecule is CC(C)(O/N=C(\C(=O)N[C@@H]1C(=O)N2C(C(=O)O)=C(C[n+]3ccc(C(N)=O)c(C(=O)O)c3)CS[C@@H]12)c1nsc(N)n1)C(=O)O. The Morgan fingerprint density at radius 1 is 1.21 bits per heavy atom. The normalized spacial score (nSPS) is 18.4. The molecule has 43 heavy (non-hydrogen) atoms. The maximum atomic E-state index is 13.2. The van der Waals surface area contributed by atoms with Gasteiger partial charge in [-0.1, -0.05) is 5.16 Å². The third kappa shape index (κ3) is 6.09. The van der Waals surface area contributed by atoms with Crippen molar-refractivity contribution in [3.05, 3.63) is 46.7 Å². The first-order valence-electron chi connectivity index (χ1n) is 12.0. The molecular formula is C23H23N8O10S2+.